The lowest BCUT2D eigenvalue weighted by molar-refractivity contribution is -0.141. The highest BCUT2D eigenvalue weighted by atomic mass is 19.4. The van der Waals surface area contributed by atoms with Gasteiger partial charge in [-0.05, 0) is 95.6 Å². The number of halogens is 11. The summed E-state index contributed by atoms with van der Waals surface area (Å²) in [7, 11) is 5.02. The topological polar surface area (TPSA) is 296 Å². The van der Waals surface area contributed by atoms with Gasteiger partial charge in [-0.25, -0.2) is 68.3 Å². The third-order valence-electron chi connectivity index (χ3n) is 25.3. The first-order valence-corrected chi connectivity index (χ1v) is 45.5. The molecule has 0 bridgehead atoms. The summed E-state index contributed by atoms with van der Waals surface area (Å²) in [5, 5.41) is 5.40. The van der Waals surface area contributed by atoms with E-state index in [-0.39, 0.29) is 102 Å². The van der Waals surface area contributed by atoms with Gasteiger partial charge in [0.2, 0.25) is 23.6 Å². The molecule has 23 rings (SSSR count). The number of rotatable bonds is 20. The number of carbonyl (C=O) groups is 4. The number of aryl methyl sites for hydroxylation is 3. The third-order valence-corrected chi connectivity index (χ3v) is 25.3. The molecule has 143 heavy (non-hydrogen) atoms. The molecule has 722 valence electrons. The van der Waals surface area contributed by atoms with Crippen LogP contribution in [-0.2, 0) is 115 Å². The lowest BCUT2D eigenvalue weighted by Gasteiger charge is -2.28. The van der Waals surface area contributed by atoms with E-state index in [9.17, 15) is 67.5 Å². The molecule has 1 saturated heterocycles. The molecule has 0 N–H and O–H groups in total. The van der Waals surface area contributed by atoms with Crippen LogP contribution in [0.5, 0.6) is 0 Å². The first kappa shape index (κ1) is 94.0. The van der Waals surface area contributed by atoms with Gasteiger partial charge < -0.3 is 23.0 Å². The van der Waals surface area contributed by atoms with Gasteiger partial charge >= 0.3 is 18.5 Å². The van der Waals surface area contributed by atoms with Gasteiger partial charge in [-0.15, -0.1) is 0 Å². The zero-order chi connectivity index (χ0) is 99.6. The number of anilines is 4. The summed E-state index contributed by atoms with van der Waals surface area (Å²) in [4.78, 5) is 115. The number of aromatic nitrogens is 19. The van der Waals surface area contributed by atoms with Crippen LogP contribution < -0.4 is 19.6 Å². The van der Waals surface area contributed by atoms with Crippen molar-refractivity contribution in [1.29, 1.82) is 0 Å². The van der Waals surface area contributed by atoms with Crippen molar-refractivity contribution in [1.82, 2.24) is 92.8 Å². The SMILES string of the molecule is CC(C)c1ncccc1-c1ncc2c(n1)N(Cc1ccc(-c3nc(C(F)(F)F)cn3C3COC3)cc1)C(=O)C2.Cn1cc(C(F)(F)F)nc1-c1ccc(CN2C(=O)Cc3cnc(-c4ccccc4C(F)F)nc32)cc1.Cn1cc(C(F)(F)F)nc1-c1ccc(CN2C(=O)Cc3cnc(-c4cccnc4C4CC4)nc32)cc1.Cn1ccc2cccc(-c3ncc4c(n3)N(Cc3ccc(-n5cccn5)cc3)C(=O)C4)c21. The molecule has 6 aliphatic rings. The van der Waals surface area contributed by atoms with Gasteiger partial charge in [0.25, 0.3) is 6.43 Å². The second-order valence-corrected chi connectivity index (χ2v) is 35.5. The van der Waals surface area contributed by atoms with E-state index in [2.05, 4.69) is 85.5 Å². The molecule has 0 spiro atoms. The van der Waals surface area contributed by atoms with Crippen molar-refractivity contribution in [3.8, 4) is 85.4 Å². The quantitative estimate of drug-likeness (QED) is 0.0640. The summed E-state index contributed by atoms with van der Waals surface area (Å²) in [6.07, 6.45) is 5.55. The molecule has 0 radical (unpaired) electrons. The molecule has 2 fully saturated rings. The summed E-state index contributed by atoms with van der Waals surface area (Å²) in [6, 6.07) is 52.2. The second-order valence-electron chi connectivity index (χ2n) is 35.5. The molecular weight excluding hydrogens is 1860 g/mol. The summed E-state index contributed by atoms with van der Waals surface area (Å²) >= 11 is 0. The van der Waals surface area contributed by atoms with Crippen LogP contribution in [-0.4, -0.2) is 130 Å². The summed E-state index contributed by atoms with van der Waals surface area (Å²) in [5.74, 6) is 4.83. The van der Waals surface area contributed by atoms with E-state index in [1.165, 1.54) is 57.1 Å². The van der Waals surface area contributed by atoms with Gasteiger partial charge in [0.15, 0.2) is 40.4 Å². The van der Waals surface area contributed by atoms with Crippen molar-refractivity contribution in [3.05, 3.63) is 329 Å². The number of hydrogen-bond donors (Lipinski definition) is 0. The zero-order valence-electron chi connectivity index (χ0n) is 77.0. The van der Waals surface area contributed by atoms with Crippen molar-refractivity contribution in [2.75, 3.05) is 32.8 Å². The Bertz CT molecular complexity index is 7510. The van der Waals surface area contributed by atoms with Crippen LogP contribution in [0.3, 0.4) is 0 Å². The highest BCUT2D eigenvalue weighted by Crippen LogP contribution is 2.46. The maximum Gasteiger partial charge on any atom is 0.434 e. The van der Waals surface area contributed by atoms with Crippen LogP contribution >= 0.6 is 0 Å². The molecule has 0 atom stereocenters. The van der Waals surface area contributed by atoms with E-state index >= 15 is 0 Å². The van der Waals surface area contributed by atoms with Gasteiger partial charge in [0, 0.05) is 174 Å². The zero-order valence-corrected chi connectivity index (χ0v) is 77.0. The number of nitrogens with zero attached hydrogens (tertiary/aromatic N) is 23. The number of carbonyl (C=O) groups excluding carboxylic acids is 4. The van der Waals surface area contributed by atoms with E-state index in [1.54, 1.807) is 131 Å². The molecule has 5 aliphatic heterocycles. The largest absolute Gasteiger partial charge is 0.434 e. The minimum Gasteiger partial charge on any atom is -0.377 e. The van der Waals surface area contributed by atoms with Crippen molar-refractivity contribution in [3.63, 3.8) is 0 Å². The molecule has 16 heterocycles. The van der Waals surface area contributed by atoms with Gasteiger partial charge in [0.05, 0.1) is 93.7 Å². The smallest absolute Gasteiger partial charge is 0.377 e. The first-order chi connectivity index (χ1) is 68.7. The highest BCUT2D eigenvalue weighted by molar-refractivity contribution is 6.03. The number of imidazole rings is 3. The molecule has 39 heteroatoms. The fourth-order valence-electron chi connectivity index (χ4n) is 17.8. The first-order valence-electron chi connectivity index (χ1n) is 45.5. The average molecular weight is 1940 g/mol. The van der Waals surface area contributed by atoms with Crippen LogP contribution in [0, 0.1) is 0 Å². The predicted octanol–water partition coefficient (Wildman–Crippen LogP) is 19.6. The Morgan fingerprint density at radius 2 is 0.797 bits per heavy atom. The Balaban J connectivity index is 0.000000117. The van der Waals surface area contributed by atoms with E-state index in [0.717, 1.165) is 109 Å². The average Bonchev–Trinajstić information content (AvgIpc) is 1.66. The molecule has 6 aromatic carbocycles. The molecule has 1 aliphatic carbocycles. The van der Waals surface area contributed by atoms with Crippen molar-refractivity contribution in [2.45, 2.75) is 121 Å². The summed E-state index contributed by atoms with van der Waals surface area (Å²) in [6.45, 7) is 5.96. The number of para-hydroxylation sites is 1. The Morgan fingerprint density at radius 3 is 1.22 bits per heavy atom. The monoisotopic (exact) mass is 1940 g/mol. The maximum atomic E-state index is 13.5. The molecule has 11 aromatic heterocycles. The number of pyridine rings is 2. The second kappa shape index (κ2) is 38.2. The summed E-state index contributed by atoms with van der Waals surface area (Å²) in [5.41, 5.74) is 11.7. The number of amides is 4. The van der Waals surface area contributed by atoms with Crippen molar-refractivity contribution < 1.29 is 72.2 Å². The lowest BCUT2D eigenvalue weighted by atomic mass is 10.0. The molecule has 4 amide bonds. The number of benzene rings is 6. The number of ether oxygens (including phenoxy) is 1. The Labute approximate surface area is 808 Å². The molecule has 17 aromatic rings. The fraction of sp³-hybridized carbons (Fsp3) is 0.231. The highest BCUT2D eigenvalue weighted by Gasteiger charge is 2.42. The van der Waals surface area contributed by atoms with Crippen molar-refractivity contribution >= 4 is 57.8 Å². The van der Waals surface area contributed by atoms with Crippen LogP contribution in [0.1, 0.15) is 130 Å². The molecule has 0 unspecified atom stereocenters. The van der Waals surface area contributed by atoms with E-state index in [4.69, 9.17) is 19.7 Å². The molecular formula is C104H84F11N23O5. The van der Waals surface area contributed by atoms with E-state index in [1.807, 2.05) is 90.9 Å². The minimum absolute atomic E-state index is 0.0414. The van der Waals surface area contributed by atoms with Gasteiger partial charge in [-0.1, -0.05) is 135 Å². The van der Waals surface area contributed by atoms with Crippen molar-refractivity contribution in [2.24, 2.45) is 21.1 Å². The number of alkyl halides is 11. The number of fused-ring (bicyclic) bond motifs is 5. The third kappa shape index (κ3) is 19.4. The Hall–Kier alpha value is -16.6. The molecule has 28 nitrogen and oxygen atoms in total. The summed E-state index contributed by atoms with van der Waals surface area (Å²) < 4.78 is 158. The lowest BCUT2D eigenvalue weighted by Crippen LogP contribution is -2.30. The number of hydrogen-bond acceptors (Lipinski definition) is 19. The van der Waals surface area contributed by atoms with Crippen LogP contribution in [0.4, 0.5) is 71.6 Å². The van der Waals surface area contributed by atoms with Crippen LogP contribution in [0.2, 0.25) is 0 Å². The van der Waals surface area contributed by atoms with E-state index < -0.39 is 42.0 Å². The Kier molecular flexibility index (Phi) is 25.1. The van der Waals surface area contributed by atoms with Crippen LogP contribution in [0.25, 0.3) is 96.3 Å². The normalized spacial score (nSPS) is 14.5. The fourth-order valence-corrected chi connectivity index (χ4v) is 17.8. The van der Waals surface area contributed by atoms with Crippen LogP contribution in [0.15, 0.2) is 250 Å². The van der Waals surface area contributed by atoms with Gasteiger partial charge in [0.1, 0.15) is 40.7 Å². The van der Waals surface area contributed by atoms with E-state index in [0.29, 0.717) is 107 Å². The molecule has 1 saturated carbocycles. The Morgan fingerprint density at radius 1 is 0.392 bits per heavy atom. The van der Waals surface area contributed by atoms with Gasteiger partial charge in [-0.3, -0.25) is 48.7 Å². The van der Waals surface area contributed by atoms with Gasteiger partial charge in [-0.2, -0.15) is 44.6 Å². The maximum absolute atomic E-state index is 13.5. The predicted molar refractivity (Wildman–Crippen MR) is 506 cm³/mol. The minimum atomic E-state index is -4.55. The standard InChI is InChI=1S/C28H25F3N6O2.C26H21F3N6O.C25H18F5N5O.C25H20N6O/c1-16(2)24-21(4-3-9-32-24)25-33-11-19-10-23(38)37(27(19)35-25)12-17-5-7-18(8-6-17)26-34-22(28(29,30)31)13-36(26)20-14-39-15-20;1-34-14-20(26(27,28)29)32-24(34)17-6-4-15(5-7-17)13-35-21(36)11-18-12-31-23(33-25(18)35)19-3-2-10-30-22(19)16-8-9-16;1-34-13-19(25(28,29)30)32-23(34)15-8-6-14(7-9-15)12-35-20(36)10-16-11-31-22(33-24(16)35)18-5-3-2-4-17(18)21(26)27;1-29-13-10-18-4-2-5-21(23(18)29)24-26-15-19-14-22(32)30(25(19)28-24)16-17-6-8-20(9-7-17)31-12-3-11-27-31/h3-9,11,13,16,20H,10,12,14-15H2,1-2H3;2-7,10,12,14,16H,8-9,11,13H2,1H3;2-9,11,13,21H,10,12H2,1H3;2-13,15H,14,16H2,1H3.